The molecule has 41 heavy (non-hydrogen) atoms. The zero-order valence-corrected chi connectivity index (χ0v) is 23.7. The van der Waals surface area contributed by atoms with Crippen LogP contribution in [0.25, 0.3) is 0 Å². The normalized spacial score (nSPS) is 18.0. The number of benzene rings is 1. The Morgan fingerprint density at radius 1 is 1.05 bits per heavy atom. The summed E-state index contributed by atoms with van der Waals surface area (Å²) in [5.74, 6) is 1.18. The van der Waals surface area contributed by atoms with Gasteiger partial charge < -0.3 is 14.8 Å². The summed E-state index contributed by atoms with van der Waals surface area (Å²) in [6.45, 7) is 2.02. The topological polar surface area (TPSA) is 141 Å². The molecule has 3 heterocycles. The molecule has 2 aliphatic heterocycles. The number of imide groups is 1. The van der Waals surface area contributed by atoms with Crippen molar-refractivity contribution in [2.24, 2.45) is 5.28 Å². The van der Waals surface area contributed by atoms with Crippen molar-refractivity contribution in [2.45, 2.75) is 95.9 Å². The molecule has 0 atom stereocenters. The minimum Gasteiger partial charge on any atom is -0.569 e. The minimum atomic E-state index is -0.290. The van der Waals surface area contributed by atoms with E-state index in [9.17, 15) is 14.8 Å². The molecule has 0 radical (unpaired) electrons. The molecular formula is C28H40N8O5. The highest BCUT2D eigenvalue weighted by Gasteiger charge is 2.29. The number of tetrazole rings is 1. The van der Waals surface area contributed by atoms with E-state index in [0.29, 0.717) is 49.2 Å². The summed E-state index contributed by atoms with van der Waals surface area (Å²) in [4.78, 5) is 32.4. The molecule has 1 aromatic heterocycles. The second-order valence-electron chi connectivity index (χ2n) is 11.0. The number of fused-ring (bicyclic) bond motifs is 1. The zero-order valence-electron chi connectivity index (χ0n) is 23.7. The fourth-order valence-electron chi connectivity index (χ4n) is 5.81. The van der Waals surface area contributed by atoms with E-state index in [-0.39, 0.29) is 31.3 Å². The molecule has 1 saturated carbocycles. The van der Waals surface area contributed by atoms with Gasteiger partial charge in [0.2, 0.25) is 17.1 Å². The smallest absolute Gasteiger partial charge is 0.234 e. The highest BCUT2D eigenvalue weighted by molar-refractivity contribution is 6.16. The van der Waals surface area contributed by atoms with Gasteiger partial charge >= 0.3 is 0 Å². The third-order valence-electron chi connectivity index (χ3n) is 8.02. The Balaban J connectivity index is 1.05. The van der Waals surface area contributed by atoms with E-state index < -0.39 is 0 Å². The van der Waals surface area contributed by atoms with Crippen LogP contribution in [0.5, 0.6) is 5.75 Å². The number of nitrogens with zero attached hydrogens (tertiary/aromatic N) is 8. The maximum atomic E-state index is 12.9. The van der Waals surface area contributed by atoms with E-state index in [4.69, 9.17) is 9.57 Å². The molecule has 0 bridgehead atoms. The fraction of sp³-hybridized carbons (Fsp3) is 0.679. The number of aryl methyl sites for hydroxylation is 2. The quantitative estimate of drug-likeness (QED) is 0.151. The van der Waals surface area contributed by atoms with Gasteiger partial charge in [0.15, 0.2) is 5.82 Å². The SMILES string of the molecule is O=C(CCCON=[N+]([O-])N1CCCC1)N1C(=O)CCc2cc(OCCCCc3nnnn3C3CCCCC3)ccc21. The van der Waals surface area contributed by atoms with Crippen LogP contribution in [0.1, 0.15) is 94.5 Å². The highest BCUT2D eigenvalue weighted by Crippen LogP contribution is 2.32. The molecule has 1 aromatic carbocycles. The van der Waals surface area contributed by atoms with Crippen LogP contribution in [-0.2, 0) is 27.3 Å². The van der Waals surface area contributed by atoms with Crippen molar-refractivity contribution >= 4 is 17.5 Å². The van der Waals surface area contributed by atoms with Crippen LogP contribution in [0.15, 0.2) is 23.5 Å². The largest absolute Gasteiger partial charge is 0.569 e. The third kappa shape index (κ3) is 7.50. The molecule has 3 aliphatic rings. The van der Waals surface area contributed by atoms with Gasteiger partial charge in [-0.2, -0.15) is 0 Å². The number of ether oxygens (including phenoxy) is 1. The Morgan fingerprint density at radius 2 is 1.88 bits per heavy atom. The van der Waals surface area contributed by atoms with E-state index in [1.54, 1.807) is 11.1 Å². The molecule has 2 aromatic rings. The van der Waals surface area contributed by atoms with E-state index in [1.165, 1.54) is 24.2 Å². The molecule has 5 rings (SSSR count). The van der Waals surface area contributed by atoms with E-state index in [1.807, 2.05) is 16.8 Å². The maximum absolute atomic E-state index is 12.9. The van der Waals surface area contributed by atoms with Crippen LogP contribution in [-0.4, -0.2) is 68.3 Å². The van der Waals surface area contributed by atoms with Gasteiger partial charge in [0, 0.05) is 19.3 Å². The Morgan fingerprint density at radius 3 is 2.71 bits per heavy atom. The average molecular weight is 569 g/mol. The predicted molar refractivity (Wildman–Crippen MR) is 148 cm³/mol. The van der Waals surface area contributed by atoms with E-state index >= 15 is 0 Å². The number of rotatable bonds is 13. The maximum Gasteiger partial charge on any atom is 0.234 e. The first-order chi connectivity index (χ1) is 20.1. The molecule has 1 aliphatic carbocycles. The van der Waals surface area contributed by atoms with Crippen LogP contribution in [0.2, 0.25) is 0 Å². The third-order valence-corrected chi connectivity index (χ3v) is 8.02. The minimum absolute atomic E-state index is 0.117. The summed E-state index contributed by atoms with van der Waals surface area (Å²) in [6.07, 6.45) is 11.9. The molecule has 1 saturated heterocycles. The molecule has 222 valence electrons. The van der Waals surface area contributed by atoms with Gasteiger partial charge in [0.25, 0.3) is 0 Å². The van der Waals surface area contributed by atoms with E-state index in [2.05, 4.69) is 20.8 Å². The molecule has 2 amide bonds. The van der Waals surface area contributed by atoms with Gasteiger partial charge in [-0.25, -0.2) is 4.68 Å². The number of amides is 2. The lowest BCUT2D eigenvalue weighted by Gasteiger charge is -2.28. The standard InChI is InChI=1S/C28H40N8O5/c37-27(12-8-20-41-32-36(39)33-17-5-6-18-33)34-25-15-14-24(21-22(25)13-16-28(34)38)40-19-7-4-11-26-29-30-31-35(26)23-9-2-1-3-10-23/h14-15,21,23H,1-13,16-20H2. The number of aromatic nitrogens is 4. The molecule has 2 fully saturated rings. The lowest BCUT2D eigenvalue weighted by atomic mass is 9.95. The number of unbranched alkanes of at least 4 members (excludes halogenated alkanes) is 1. The summed E-state index contributed by atoms with van der Waals surface area (Å²) in [5.41, 5.74) is 1.53. The zero-order chi connectivity index (χ0) is 28.4. The van der Waals surface area contributed by atoms with Gasteiger partial charge in [0.05, 0.1) is 36.4 Å². The van der Waals surface area contributed by atoms with Crippen LogP contribution in [0.4, 0.5) is 5.69 Å². The Kier molecular flexibility index (Phi) is 9.97. The van der Waals surface area contributed by atoms with E-state index in [0.717, 1.165) is 62.1 Å². The van der Waals surface area contributed by atoms with Crippen molar-refractivity contribution in [1.82, 2.24) is 25.2 Å². The van der Waals surface area contributed by atoms with Gasteiger partial charge in [0.1, 0.15) is 12.4 Å². The van der Waals surface area contributed by atoms with Gasteiger partial charge in [-0.1, -0.05) is 19.3 Å². The number of hydrazine groups is 1. The van der Waals surface area contributed by atoms with Gasteiger partial charge in [-0.15, -0.1) is 10.1 Å². The van der Waals surface area contributed by atoms with Crippen molar-refractivity contribution in [3.05, 3.63) is 34.8 Å². The van der Waals surface area contributed by atoms with Crippen LogP contribution >= 0.6 is 0 Å². The average Bonchev–Trinajstić information content (AvgIpc) is 3.70. The number of carbonyl (C=O) groups is 2. The Labute approximate surface area is 240 Å². The Bertz CT molecular complexity index is 1210. The van der Waals surface area contributed by atoms with Crippen molar-refractivity contribution in [3.8, 4) is 5.75 Å². The van der Waals surface area contributed by atoms with Crippen LogP contribution in [0.3, 0.4) is 0 Å². The van der Waals surface area contributed by atoms with Crippen molar-refractivity contribution < 1.29 is 24.1 Å². The first-order valence-electron chi connectivity index (χ1n) is 15.0. The first-order valence-corrected chi connectivity index (χ1v) is 15.0. The molecule has 13 nitrogen and oxygen atoms in total. The molecule has 0 spiro atoms. The first kappa shape index (κ1) is 28.7. The summed E-state index contributed by atoms with van der Waals surface area (Å²) in [5, 5.41) is 29.3. The lowest BCUT2D eigenvalue weighted by molar-refractivity contribution is -0.707. The van der Waals surface area contributed by atoms with Crippen molar-refractivity contribution in [1.29, 1.82) is 0 Å². The summed E-state index contributed by atoms with van der Waals surface area (Å²) in [7, 11) is 0. The second kappa shape index (κ2) is 14.2. The number of hydrogen-bond acceptors (Lipinski definition) is 9. The molecule has 13 heteroatoms. The van der Waals surface area contributed by atoms with Crippen molar-refractivity contribution in [2.75, 3.05) is 31.2 Å². The molecule has 0 unspecified atom stereocenters. The Hall–Kier alpha value is -3.77. The fourth-order valence-corrected chi connectivity index (χ4v) is 5.81. The molecular weight excluding hydrogens is 528 g/mol. The number of anilines is 1. The van der Waals surface area contributed by atoms with Crippen LogP contribution < -0.4 is 9.64 Å². The summed E-state index contributed by atoms with van der Waals surface area (Å²) >= 11 is 0. The highest BCUT2D eigenvalue weighted by atomic mass is 16.7. The second-order valence-corrected chi connectivity index (χ2v) is 11.0. The summed E-state index contributed by atoms with van der Waals surface area (Å²) < 4.78 is 8.03. The monoisotopic (exact) mass is 568 g/mol. The lowest BCUT2D eigenvalue weighted by Crippen LogP contribution is -2.40. The van der Waals surface area contributed by atoms with Crippen LogP contribution in [0, 0.1) is 5.21 Å². The van der Waals surface area contributed by atoms with Crippen molar-refractivity contribution in [3.63, 3.8) is 0 Å². The number of carbonyl (C=O) groups excluding carboxylic acids is 2. The van der Waals surface area contributed by atoms with Gasteiger partial charge in [-0.3, -0.25) is 14.5 Å². The number of hydrogen-bond donors (Lipinski definition) is 0. The predicted octanol–water partition coefficient (Wildman–Crippen LogP) is 4.07. The molecule has 0 N–H and O–H groups in total. The summed E-state index contributed by atoms with van der Waals surface area (Å²) in [6, 6.07) is 5.95. The van der Waals surface area contributed by atoms with Gasteiger partial charge in [-0.05, 0) is 85.6 Å².